The van der Waals surface area contributed by atoms with Gasteiger partial charge >= 0.3 is 0 Å². The fraction of sp³-hybridized carbons (Fsp3) is 0.391. The van der Waals surface area contributed by atoms with Gasteiger partial charge < -0.3 is 54.4 Å². The summed E-state index contributed by atoms with van der Waals surface area (Å²) in [5.41, 5.74) is 4.27. The SMILES string of the molecule is CCOc1ccc(/C=C/c2cc[n+](CCCC(=O)NCCSSCCNC(=O)CCC[n+]3ccc(/C=C/c4ccc(OCC)c(OCC)c4)cc3)cc2)cc1OCC.[Cl-].[Cl-]. The van der Waals surface area contributed by atoms with Crippen LogP contribution in [0.5, 0.6) is 23.0 Å². The number of benzene rings is 2. The van der Waals surface area contributed by atoms with Crippen LogP contribution in [0.3, 0.4) is 0 Å². The molecule has 10 nitrogen and oxygen atoms in total. The maximum atomic E-state index is 12.3. The average Bonchev–Trinajstić information content (AvgIpc) is 3.23. The van der Waals surface area contributed by atoms with Crippen molar-refractivity contribution in [3.63, 3.8) is 0 Å². The average molecular weight is 900 g/mol. The molecule has 0 saturated heterocycles. The van der Waals surface area contributed by atoms with Gasteiger partial charge in [0.1, 0.15) is 13.1 Å². The summed E-state index contributed by atoms with van der Waals surface area (Å²) >= 11 is 0. The first-order chi connectivity index (χ1) is 28.4. The monoisotopic (exact) mass is 898 g/mol. The summed E-state index contributed by atoms with van der Waals surface area (Å²) in [7, 11) is 3.42. The van der Waals surface area contributed by atoms with E-state index in [4.69, 9.17) is 18.9 Å². The van der Waals surface area contributed by atoms with Crippen molar-refractivity contribution >= 4 is 57.7 Å². The number of aromatic nitrogens is 2. The Labute approximate surface area is 377 Å². The maximum Gasteiger partial charge on any atom is 0.220 e. The van der Waals surface area contributed by atoms with Gasteiger partial charge in [-0.2, -0.15) is 0 Å². The lowest BCUT2D eigenvalue weighted by atomic mass is 10.1. The number of rotatable bonds is 27. The highest BCUT2D eigenvalue weighted by Crippen LogP contribution is 2.30. The normalized spacial score (nSPS) is 10.8. The summed E-state index contributed by atoms with van der Waals surface area (Å²) in [4.78, 5) is 24.7. The van der Waals surface area contributed by atoms with E-state index >= 15 is 0 Å². The lowest BCUT2D eigenvalue weighted by molar-refractivity contribution is -0.697. The van der Waals surface area contributed by atoms with Crippen LogP contribution in [0.1, 0.15) is 75.6 Å². The predicted molar refractivity (Wildman–Crippen MR) is 238 cm³/mol. The number of amides is 2. The first-order valence-electron chi connectivity index (χ1n) is 20.3. The molecule has 0 aliphatic rings. The molecule has 0 radical (unpaired) electrons. The molecule has 0 aliphatic heterocycles. The van der Waals surface area contributed by atoms with Crippen molar-refractivity contribution in [2.24, 2.45) is 0 Å². The Morgan fingerprint density at radius 2 is 0.867 bits per heavy atom. The first kappa shape index (κ1) is 51.8. The van der Waals surface area contributed by atoms with Gasteiger partial charge in [0.05, 0.1) is 26.4 Å². The molecular weight excluding hydrogens is 840 g/mol. The van der Waals surface area contributed by atoms with Gasteiger partial charge in [-0.15, -0.1) is 0 Å². The second-order valence-electron chi connectivity index (χ2n) is 13.1. The van der Waals surface area contributed by atoms with Crippen molar-refractivity contribution in [2.75, 3.05) is 51.0 Å². The smallest absolute Gasteiger partial charge is 0.220 e. The van der Waals surface area contributed by atoms with Gasteiger partial charge in [0.25, 0.3) is 0 Å². The minimum atomic E-state index is 0. The summed E-state index contributed by atoms with van der Waals surface area (Å²) in [6, 6.07) is 20.2. The minimum absolute atomic E-state index is 0. The zero-order valence-corrected chi connectivity index (χ0v) is 38.4. The van der Waals surface area contributed by atoms with E-state index in [1.807, 2.05) is 88.9 Å². The molecule has 326 valence electrons. The fourth-order valence-electron chi connectivity index (χ4n) is 5.79. The third kappa shape index (κ3) is 19.8. The molecular formula is C46H60Cl2N4O6S2. The Morgan fingerprint density at radius 1 is 0.517 bits per heavy atom. The number of nitrogens with one attached hydrogen (secondary N) is 2. The molecule has 0 atom stereocenters. The third-order valence-electron chi connectivity index (χ3n) is 8.64. The van der Waals surface area contributed by atoms with E-state index in [2.05, 4.69) is 68.3 Å². The third-order valence-corrected chi connectivity index (χ3v) is 11.1. The molecule has 2 aromatic carbocycles. The summed E-state index contributed by atoms with van der Waals surface area (Å²) in [6.07, 6.45) is 18.9. The van der Waals surface area contributed by atoms with Crippen molar-refractivity contribution in [3.05, 3.63) is 108 Å². The molecule has 2 aromatic heterocycles. The lowest BCUT2D eigenvalue weighted by Crippen LogP contribution is -3.00. The number of carbonyl (C=O) groups is 2. The van der Waals surface area contributed by atoms with Gasteiger partial charge in [0.15, 0.2) is 47.8 Å². The number of hydrogen-bond acceptors (Lipinski definition) is 8. The van der Waals surface area contributed by atoms with E-state index in [-0.39, 0.29) is 36.6 Å². The van der Waals surface area contributed by atoms with Crippen LogP contribution in [0.15, 0.2) is 85.5 Å². The van der Waals surface area contributed by atoms with Gasteiger partial charge in [0, 0.05) is 74.5 Å². The van der Waals surface area contributed by atoms with E-state index < -0.39 is 0 Å². The fourth-order valence-corrected chi connectivity index (χ4v) is 7.60. The molecule has 60 heavy (non-hydrogen) atoms. The summed E-state index contributed by atoms with van der Waals surface area (Å²) in [5, 5.41) is 6.03. The van der Waals surface area contributed by atoms with Crippen molar-refractivity contribution in [2.45, 2.75) is 66.5 Å². The Morgan fingerprint density at radius 3 is 1.23 bits per heavy atom. The van der Waals surface area contributed by atoms with Crippen molar-refractivity contribution in [1.82, 2.24) is 10.6 Å². The maximum absolute atomic E-state index is 12.3. The zero-order chi connectivity index (χ0) is 41.2. The molecule has 0 aliphatic carbocycles. The highest BCUT2D eigenvalue weighted by Gasteiger charge is 2.09. The highest BCUT2D eigenvalue weighted by molar-refractivity contribution is 8.76. The molecule has 4 aromatic rings. The summed E-state index contributed by atoms with van der Waals surface area (Å²) in [5.74, 6) is 4.80. The number of carbonyl (C=O) groups excluding carboxylic acids is 2. The van der Waals surface area contributed by atoms with Crippen LogP contribution in [-0.4, -0.2) is 62.8 Å². The molecule has 14 heteroatoms. The van der Waals surface area contributed by atoms with E-state index in [9.17, 15) is 9.59 Å². The van der Waals surface area contributed by atoms with Crippen molar-refractivity contribution in [3.8, 4) is 23.0 Å². The molecule has 0 saturated carbocycles. The van der Waals surface area contributed by atoms with Crippen LogP contribution in [-0.2, 0) is 22.7 Å². The van der Waals surface area contributed by atoms with Crippen LogP contribution in [0.2, 0.25) is 0 Å². The number of halogens is 2. The van der Waals surface area contributed by atoms with Crippen LogP contribution >= 0.6 is 21.6 Å². The Hall–Kier alpha value is -4.36. The number of nitrogens with zero attached hydrogens (tertiary/aromatic N) is 2. The van der Waals surface area contributed by atoms with Gasteiger partial charge in [-0.1, -0.05) is 58.0 Å². The quantitative estimate of drug-likeness (QED) is 0.0534. The molecule has 0 fully saturated rings. The number of ether oxygens (including phenoxy) is 4. The molecule has 2 N–H and O–H groups in total. The standard InChI is InChI=1S/C46H58N4O6S2.2ClH/c1-5-53-41-19-17-39(35-43(41)55-7-3)15-13-37-21-29-49(30-22-37)27-9-11-45(51)47-25-33-57-58-34-26-48-46(52)12-10-28-50-31-23-38(24-32-50)14-16-40-18-20-42(54-6-2)44(36-40)56-8-4;;/h13-24,29-32,35-36H,5-12,25-28,33-34H2,1-4H3;2*1H/b15-13+,16-14+;;. The van der Waals surface area contributed by atoms with Crippen molar-refractivity contribution in [1.29, 1.82) is 0 Å². The molecule has 4 rings (SSSR count). The Bertz CT molecular complexity index is 1760. The number of hydrogen-bond donors (Lipinski definition) is 2. The van der Waals surface area contributed by atoms with Gasteiger partial charge in [-0.25, -0.2) is 9.13 Å². The molecule has 2 amide bonds. The second kappa shape index (κ2) is 30.6. The molecule has 0 bridgehead atoms. The van der Waals surface area contributed by atoms with Crippen LogP contribution < -0.4 is 63.5 Å². The number of aryl methyl sites for hydroxylation is 2. The summed E-state index contributed by atoms with van der Waals surface area (Å²) < 4.78 is 27.0. The van der Waals surface area contributed by atoms with Gasteiger partial charge in [-0.05, 0) is 74.2 Å². The molecule has 2 heterocycles. The summed E-state index contributed by atoms with van der Waals surface area (Å²) in [6.45, 7) is 13.0. The van der Waals surface area contributed by atoms with Crippen LogP contribution in [0.25, 0.3) is 24.3 Å². The second-order valence-corrected chi connectivity index (χ2v) is 15.8. The Balaban J connectivity index is 0.00000620. The van der Waals surface area contributed by atoms with Gasteiger partial charge in [-0.3, -0.25) is 9.59 Å². The van der Waals surface area contributed by atoms with Crippen LogP contribution in [0, 0.1) is 0 Å². The van der Waals surface area contributed by atoms with Crippen molar-refractivity contribution < 1.29 is 62.5 Å². The predicted octanol–water partition coefficient (Wildman–Crippen LogP) is 2.08. The Kier molecular flexibility index (Phi) is 26.4. The molecule has 0 unspecified atom stereocenters. The molecule has 0 spiro atoms. The topological polar surface area (TPSA) is 103 Å². The minimum Gasteiger partial charge on any atom is -1.00 e. The van der Waals surface area contributed by atoms with E-state index in [0.717, 1.165) is 82.7 Å². The van der Waals surface area contributed by atoms with E-state index in [1.54, 1.807) is 21.6 Å². The van der Waals surface area contributed by atoms with Gasteiger partial charge in [0.2, 0.25) is 11.8 Å². The first-order valence-corrected chi connectivity index (χ1v) is 22.8. The number of pyridine rings is 2. The van der Waals surface area contributed by atoms with E-state index in [0.29, 0.717) is 52.4 Å². The lowest BCUT2D eigenvalue weighted by Gasteiger charge is -2.11. The highest BCUT2D eigenvalue weighted by atomic mass is 35.5. The van der Waals surface area contributed by atoms with E-state index in [1.165, 1.54) is 0 Å². The zero-order valence-electron chi connectivity index (χ0n) is 35.2. The largest absolute Gasteiger partial charge is 1.00 e. The van der Waals surface area contributed by atoms with Crippen LogP contribution in [0.4, 0.5) is 0 Å².